The quantitative estimate of drug-likeness (QED) is 0.816. The van der Waals surface area contributed by atoms with Crippen molar-refractivity contribution in [2.75, 3.05) is 6.54 Å². The van der Waals surface area contributed by atoms with Crippen molar-refractivity contribution in [2.45, 2.75) is 38.6 Å². The fraction of sp³-hybridized carbons (Fsp3) is 0.647. The Labute approximate surface area is 125 Å². The van der Waals surface area contributed by atoms with Gasteiger partial charge in [-0.15, -0.1) is 0 Å². The van der Waals surface area contributed by atoms with E-state index in [1.165, 1.54) is 25.7 Å². The first kappa shape index (κ1) is 13.1. The van der Waals surface area contributed by atoms with Crippen LogP contribution in [0.1, 0.15) is 32.1 Å². The maximum Gasteiger partial charge on any atom is 0.220 e. The van der Waals surface area contributed by atoms with Crippen molar-refractivity contribution in [2.24, 2.45) is 23.2 Å². The third-order valence-electron chi connectivity index (χ3n) is 5.54. The Bertz CT molecular complexity index is 544. The van der Waals surface area contributed by atoms with Crippen molar-refractivity contribution in [3.8, 4) is 0 Å². The summed E-state index contributed by atoms with van der Waals surface area (Å²) in [6.45, 7) is 1.74. The van der Waals surface area contributed by atoms with Gasteiger partial charge in [0.25, 0.3) is 0 Å². The molecule has 21 heavy (non-hydrogen) atoms. The number of rotatable bonds is 6. The molecule has 2 bridgehead atoms. The molecule has 2 saturated carbocycles. The van der Waals surface area contributed by atoms with Crippen LogP contribution >= 0.6 is 0 Å². The highest BCUT2D eigenvalue weighted by Gasteiger charge is 2.43. The van der Waals surface area contributed by atoms with Gasteiger partial charge in [-0.25, -0.2) is 0 Å². The van der Waals surface area contributed by atoms with Gasteiger partial charge in [0.15, 0.2) is 0 Å². The van der Waals surface area contributed by atoms with E-state index >= 15 is 0 Å². The van der Waals surface area contributed by atoms with E-state index < -0.39 is 0 Å². The van der Waals surface area contributed by atoms with Gasteiger partial charge < -0.3 is 5.32 Å². The average Bonchev–Trinajstić information content (AvgIpc) is 2.91. The second-order valence-corrected chi connectivity index (χ2v) is 7.22. The molecule has 0 radical (unpaired) electrons. The Morgan fingerprint density at radius 2 is 2.24 bits per heavy atom. The minimum atomic E-state index is 0.243. The Morgan fingerprint density at radius 1 is 1.33 bits per heavy atom. The standard InChI is InChI=1S/C17H23N3O/c21-16(10-15-9-13-2-3-14(15)8-13)18-11-17(4-5-17)12-20-7-1-6-19-20/h1-3,6-7,13-15H,4-5,8-12H2,(H,18,21)/t13-,14+,15+/m1/s1. The molecule has 3 aliphatic rings. The first-order valence-corrected chi connectivity index (χ1v) is 8.15. The Kier molecular flexibility index (Phi) is 3.12. The molecule has 1 aromatic heterocycles. The number of amides is 1. The zero-order valence-corrected chi connectivity index (χ0v) is 12.4. The van der Waals surface area contributed by atoms with Gasteiger partial charge in [0.05, 0.1) is 0 Å². The van der Waals surface area contributed by atoms with E-state index in [9.17, 15) is 4.79 Å². The zero-order valence-electron chi connectivity index (χ0n) is 12.4. The van der Waals surface area contributed by atoms with Crippen molar-refractivity contribution in [3.63, 3.8) is 0 Å². The van der Waals surface area contributed by atoms with Gasteiger partial charge in [-0.2, -0.15) is 5.10 Å². The number of allylic oxidation sites excluding steroid dienone is 2. The maximum absolute atomic E-state index is 12.2. The predicted molar refractivity (Wildman–Crippen MR) is 80.4 cm³/mol. The van der Waals surface area contributed by atoms with Gasteiger partial charge in [0.2, 0.25) is 5.91 Å². The second kappa shape index (κ2) is 5.00. The molecule has 2 fully saturated rings. The van der Waals surface area contributed by atoms with Gasteiger partial charge in [0, 0.05) is 37.3 Å². The highest BCUT2D eigenvalue weighted by atomic mass is 16.1. The molecule has 4 heteroatoms. The molecule has 1 N–H and O–H groups in total. The van der Waals surface area contributed by atoms with Crippen LogP contribution in [0.15, 0.2) is 30.6 Å². The van der Waals surface area contributed by atoms with E-state index in [2.05, 4.69) is 22.6 Å². The number of carbonyl (C=O) groups excluding carboxylic acids is 1. The van der Waals surface area contributed by atoms with E-state index in [4.69, 9.17) is 0 Å². The van der Waals surface area contributed by atoms with Crippen molar-refractivity contribution in [3.05, 3.63) is 30.6 Å². The zero-order chi connectivity index (χ0) is 14.3. The van der Waals surface area contributed by atoms with Gasteiger partial charge in [-0.3, -0.25) is 9.48 Å². The van der Waals surface area contributed by atoms with Crippen LogP contribution in [0.5, 0.6) is 0 Å². The van der Waals surface area contributed by atoms with Crippen LogP contribution < -0.4 is 5.32 Å². The Hall–Kier alpha value is -1.58. The lowest BCUT2D eigenvalue weighted by Crippen LogP contribution is -2.33. The van der Waals surface area contributed by atoms with E-state index in [0.717, 1.165) is 19.0 Å². The van der Waals surface area contributed by atoms with Gasteiger partial charge >= 0.3 is 0 Å². The van der Waals surface area contributed by atoms with Crippen molar-refractivity contribution in [1.82, 2.24) is 15.1 Å². The average molecular weight is 285 g/mol. The minimum absolute atomic E-state index is 0.243. The number of fused-ring (bicyclic) bond motifs is 2. The van der Waals surface area contributed by atoms with Gasteiger partial charge in [-0.1, -0.05) is 12.2 Å². The lowest BCUT2D eigenvalue weighted by atomic mass is 9.90. The first-order chi connectivity index (χ1) is 10.2. The van der Waals surface area contributed by atoms with Crippen LogP contribution in [-0.4, -0.2) is 22.2 Å². The van der Waals surface area contributed by atoms with E-state index in [1.807, 2.05) is 23.1 Å². The molecular weight excluding hydrogens is 262 g/mol. The van der Waals surface area contributed by atoms with E-state index in [-0.39, 0.29) is 11.3 Å². The second-order valence-electron chi connectivity index (χ2n) is 7.22. The van der Waals surface area contributed by atoms with Crippen LogP contribution in [0.4, 0.5) is 0 Å². The summed E-state index contributed by atoms with van der Waals surface area (Å²) in [6.07, 6.45) is 14.1. The number of nitrogens with zero attached hydrogens (tertiary/aromatic N) is 2. The third kappa shape index (κ3) is 2.76. The molecule has 0 saturated heterocycles. The summed E-state index contributed by atoms with van der Waals surface area (Å²) in [4.78, 5) is 12.2. The summed E-state index contributed by atoms with van der Waals surface area (Å²) in [5.41, 5.74) is 0.260. The van der Waals surface area contributed by atoms with E-state index in [0.29, 0.717) is 18.3 Å². The fourth-order valence-electron chi connectivity index (χ4n) is 4.03. The van der Waals surface area contributed by atoms with Crippen molar-refractivity contribution in [1.29, 1.82) is 0 Å². The normalized spacial score (nSPS) is 31.5. The largest absolute Gasteiger partial charge is 0.355 e. The molecule has 0 aromatic carbocycles. The van der Waals surface area contributed by atoms with Crippen molar-refractivity contribution >= 4 is 5.91 Å². The summed E-state index contributed by atoms with van der Waals surface area (Å²) in [7, 11) is 0. The number of hydrogen-bond acceptors (Lipinski definition) is 2. The van der Waals surface area contributed by atoms with Crippen LogP contribution in [0, 0.1) is 23.2 Å². The van der Waals surface area contributed by atoms with Crippen LogP contribution in [0.25, 0.3) is 0 Å². The smallest absolute Gasteiger partial charge is 0.220 e. The first-order valence-electron chi connectivity index (χ1n) is 8.15. The lowest BCUT2D eigenvalue weighted by Gasteiger charge is -2.20. The molecule has 0 spiro atoms. The SMILES string of the molecule is O=C(C[C@@H]1C[C@@H]2C=C[C@H]1C2)NCC1(Cn2cccn2)CC1. The van der Waals surface area contributed by atoms with Crippen LogP contribution in [0.3, 0.4) is 0 Å². The van der Waals surface area contributed by atoms with E-state index in [1.54, 1.807) is 0 Å². The van der Waals surface area contributed by atoms with Crippen LogP contribution in [0.2, 0.25) is 0 Å². The van der Waals surface area contributed by atoms with Gasteiger partial charge in [-0.05, 0) is 49.5 Å². The summed E-state index contributed by atoms with van der Waals surface area (Å²) in [5.74, 6) is 2.25. The monoisotopic (exact) mass is 285 g/mol. The Morgan fingerprint density at radius 3 is 2.86 bits per heavy atom. The lowest BCUT2D eigenvalue weighted by molar-refractivity contribution is -0.122. The summed E-state index contributed by atoms with van der Waals surface area (Å²) in [6, 6.07) is 1.96. The topological polar surface area (TPSA) is 46.9 Å². The minimum Gasteiger partial charge on any atom is -0.355 e. The number of hydrogen-bond donors (Lipinski definition) is 1. The fourth-order valence-corrected chi connectivity index (χ4v) is 4.03. The molecule has 3 aliphatic carbocycles. The maximum atomic E-state index is 12.2. The predicted octanol–water partition coefficient (Wildman–Crippen LogP) is 2.38. The summed E-state index contributed by atoms with van der Waals surface area (Å²) in [5, 5.41) is 7.45. The van der Waals surface area contributed by atoms with Crippen LogP contribution in [-0.2, 0) is 11.3 Å². The highest BCUT2D eigenvalue weighted by Crippen LogP contribution is 2.47. The molecule has 0 aliphatic heterocycles. The molecular formula is C17H23N3O. The highest BCUT2D eigenvalue weighted by molar-refractivity contribution is 5.76. The molecule has 4 rings (SSSR count). The molecule has 1 heterocycles. The third-order valence-corrected chi connectivity index (χ3v) is 5.54. The summed E-state index contributed by atoms with van der Waals surface area (Å²) < 4.78 is 1.99. The molecule has 112 valence electrons. The molecule has 3 atom stereocenters. The molecule has 0 unspecified atom stereocenters. The Balaban J connectivity index is 1.25. The number of aromatic nitrogens is 2. The molecule has 1 amide bonds. The van der Waals surface area contributed by atoms with Crippen molar-refractivity contribution < 1.29 is 4.79 Å². The summed E-state index contributed by atoms with van der Waals surface area (Å²) >= 11 is 0. The number of nitrogens with one attached hydrogen (secondary N) is 1. The number of carbonyl (C=O) groups is 1. The molecule has 4 nitrogen and oxygen atoms in total. The van der Waals surface area contributed by atoms with Gasteiger partial charge in [0.1, 0.15) is 0 Å². The molecule has 1 aromatic rings.